The third-order valence-corrected chi connectivity index (χ3v) is 8.96. The van der Waals surface area contributed by atoms with Crippen molar-refractivity contribution in [3.8, 4) is 0 Å². The number of anilines is 1. The van der Waals surface area contributed by atoms with Crippen LogP contribution in [0, 0.1) is 0 Å². The summed E-state index contributed by atoms with van der Waals surface area (Å²) in [5, 5.41) is 4.93. The maximum Gasteiger partial charge on any atom is 0.243 e. The van der Waals surface area contributed by atoms with Crippen LogP contribution in [-0.4, -0.2) is 50.2 Å². The second-order valence-electron chi connectivity index (χ2n) is 8.34. The first-order valence-electron chi connectivity index (χ1n) is 11.1. The quantitative estimate of drug-likeness (QED) is 0.696. The molecule has 2 aliphatic heterocycles. The number of hydrogen-bond donors (Lipinski definition) is 1. The number of nitrogens with one attached hydrogen (secondary N) is 1. The Bertz CT molecular complexity index is 1070. The summed E-state index contributed by atoms with van der Waals surface area (Å²) in [6.07, 6.45) is 4.89. The van der Waals surface area contributed by atoms with Crippen LogP contribution in [0.5, 0.6) is 0 Å². The molecule has 3 heterocycles. The molecule has 32 heavy (non-hydrogen) atoms. The summed E-state index contributed by atoms with van der Waals surface area (Å²) < 4.78 is 27.9. The first kappa shape index (κ1) is 22.9. The topological polar surface area (TPSA) is 86.8 Å². The number of carbonyl (C=O) groups is 2. The lowest BCUT2D eigenvalue weighted by molar-refractivity contribution is -0.125. The predicted octanol–water partition coefficient (Wildman–Crippen LogP) is 2.95. The highest BCUT2D eigenvalue weighted by molar-refractivity contribution is 7.89. The molecule has 0 aliphatic carbocycles. The molecule has 0 unspecified atom stereocenters. The van der Waals surface area contributed by atoms with Crippen molar-refractivity contribution in [2.24, 2.45) is 0 Å². The highest BCUT2D eigenvalue weighted by Gasteiger charge is 2.38. The van der Waals surface area contributed by atoms with E-state index in [-0.39, 0.29) is 16.7 Å². The van der Waals surface area contributed by atoms with Gasteiger partial charge < -0.3 is 5.32 Å². The molecule has 1 atom stereocenters. The zero-order valence-electron chi connectivity index (χ0n) is 18.2. The molecule has 1 aromatic heterocycles. The van der Waals surface area contributed by atoms with E-state index in [0.29, 0.717) is 31.7 Å². The van der Waals surface area contributed by atoms with Gasteiger partial charge in [0.2, 0.25) is 21.8 Å². The average molecular weight is 476 g/mol. The molecule has 9 heteroatoms. The standard InChI is InChI=1S/C23H29N3O4S2/c1-17(27)26-21-9-8-20(32(29,30)25-12-4-2-3-5-13-25)15-18(21)16-22(26)23(28)24-11-10-19-7-6-14-31-19/h6-9,14-15,22H,2-5,10-13,16H2,1H3,(H,24,28)/t22-/m0/s1. The Kier molecular flexibility index (Phi) is 6.97. The van der Waals surface area contributed by atoms with Crippen LogP contribution in [0.15, 0.2) is 40.6 Å². The fraction of sp³-hybridized carbons (Fsp3) is 0.478. The van der Waals surface area contributed by atoms with Crippen LogP contribution in [0.25, 0.3) is 0 Å². The van der Waals surface area contributed by atoms with Gasteiger partial charge in [-0.2, -0.15) is 4.31 Å². The molecule has 2 amide bonds. The van der Waals surface area contributed by atoms with E-state index in [1.54, 1.807) is 33.8 Å². The summed E-state index contributed by atoms with van der Waals surface area (Å²) in [4.78, 5) is 28.2. The van der Waals surface area contributed by atoms with E-state index in [9.17, 15) is 18.0 Å². The molecule has 4 rings (SSSR count). The van der Waals surface area contributed by atoms with Crippen molar-refractivity contribution in [1.82, 2.24) is 9.62 Å². The Balaban J connectivity index is 1.51. The van der Waals surface area contributed by atoms with Gasteiger partial charge in [-0.3, -0.25) is 14.5 Å². The molecular formula is C23H29N3O4S2. The minimum absolute atomic E-state index is 0.218. The SMILES string of the molecule is CC(=O)N1c2ccc(S(=O)(=O)N3CCCCCC3)cc2C[C@H]1C(=O)NCCc1cccs1. The van der Waals surface area contributed by atoms with E-state index in [2.05, 4.69) is 5.32 Å². The zero-order chi connectivity index (χ0) is 22.7. The second-order valence-corrected chi connectivity index (χ2v) is 11.3. The number of thiophene rings is 1. The molecular weight excluding hydrogens is 446 g/mol. The normalized spacial score (nSPS) is 19.4. The fourth-order valence-electron chi connectivity index (χ4n) is 4.50. The van der Waals surface area contributed by atoms with Crippen molar-refractivity contribution < 1.29 is 18.0 Å². The Labute approximate surface area is 193 Å². The third-order valence-electron chi connectivity index (χ3n) is 6.13. The molecule has 2 aliphatic rings. The highest BCUT2D eigenvalue weighted by atomic mass is 32.2. The van der Waals surface area contributed by atoms with Gasteiger partial charge in [0.1, 0.15) is 6.04 Å². The van der Waals surface area contributed by atoms with Gasteiger partial charge in [-0.1, -0.05) is 18.9 Å². The van der Waals surface area contributed by atoms with Crippen LogP contribution in [0.3, 0.4) is 0 Å². The maximum atomic E-state index is 13.2. The Hall–Kier alpha value is -2.23. The van der Waals surface area contributed by atoms with E-state index in [1.807, 2.05) is 17.5 Å². The van der Waals surface area contributed by atoms with Crippen LogP contribution in [0.2, 0.25) is 0 Å². The molecule has 7 nitrogen and oxygen atoms in total. The van der Waals surface area contributed by atoms with Gasteiger partial charge in [-0.05, 0) is 54.5 Å². The Morgan fingerprint density at radius 2 is 1.88 bits per heavy atom. The molecule has 1 saturated heterocycles. The van der Waals surface area contributed by atoms with Crippen molar-refractivity contribution in [1.29, 1.82) is 0 Å². The number of sulfonamides is 1. The monoisotopic (exact) mass is 475 g/mol. The van der Waals surface area contributed by atoms with E-state index < -0.39 is 16.1 Å². The smallest absolute Gasteiger partial charge is 0.243 e. The maximum absolute atomic E-state index is 13.2. The number of carbonyl (C=O) groups excluding carboxylic acids is 2. The van der Waals surface area contributed by atoms with Gasteiger partial charge in [0, 0.05) is 43.5 Å². The third kappa shape index (κ3) is 4.74. The number of amides is 2. The lowest BCUT2D eigenvalue weighted by Crippen LogP contribution is -2.47. The summed E-state index contributed by atoms with van der Waals surface area (Å²) >= 11 is 1.64. The predicted molar refractivity (Wildman–Crippen MR) is 125 cm³/mol. The number of nitrogens with zero attached hydrogens (tertiary/aromatic N) is 2. The first-order valence-corrected chi connectivity index (χ1v) is 13.4. The van der Waals surface area contributed by atoms with E-state index in [0.717, 1.165) is 37.7 Å². The van der Waals surface area contributed by atoms with Gasteiger partial charge in [0.15, 0.2) is 0 Å². The number of fused-ring (bicyclic) bond motifs is 1. The molecule has 1 N–H and O–H groups in total. The molecule has 172 valence electrons. The van der Waals surface area contributed by atoms with Crippen molar-refractivity contribution in [3.63, 3.8) is 0 Å². The fourth-order valence-corrected chi connectivity index (χ4v) is 6.78. The van der Waals surface area contributed by atoms with Crippen LogP contribution < -0.4 is 10.2 Å². The van der Waals surface area contributed by atoms with Gasteiger partial charge >= 0.3 is 0 Å². The number of hydrogen-bond acceptors (Lipinski definition) is 5. The molecule has 0 spiro atoms. The van der Waals surface area contributed by atoms with Gasteiger partial charge in [0.25, 0.3) is 0 Å². The summed E-state index contributed by atoms with van der Waals surface area (Å²) in [6, 6.07) is 8.21. The summed E-state index contributed by atoms with van der Waals surface area (Å²) in [7, 11) is -3.59. The summed E-state index contributed by atoms with van der Waals surface area (Å²) in [5.41, 5.74) is 1.33. The van der Waals surface area contributed by atoms with Crippen LogP contribution in [0.4, 0.5) is 5.69 Å². The number of rotatable bonds is 6. The largest absolute Gasteiger partial charge is 0.354 e. The lowest BCUT2D eigenvalue weighted by atomic mass is 10.1. The van der Waals surface area contributed by atoms with Crippen molar-refractivity contribution in [2.75, 3.05) is 24.5 Å². The number of benzene rings is 1. The summed E-state index contributed by atoms with van der Waals surface area (Å²) in [5.74, 6) is -0.449. The van der Waals surface area contributed by atoms with Crippen molar-refractivity contribution >= 4 is 38.9 Å². The highest BCUT2D eigenvalue weighted by Crippen LogP contribution is 2.35. The molecule has 1 fully saturated rings. The Morgan fingerprint density at radius 3 is 2.53 bits per heavy atom. The molecule has 0 radical (unpaired) electrons. The zero-order valence-corrected chi connectivity index (χ0v) is 19.9. The van der Waals surface area contributed by atoms with E-state index in [1.165, 1.54) is 16.7 Å². The molecule has 1 aromatic carbocycles. The van der Waals surface area contributed by atoms with Crippen LogP contribution >= 0.6 is 11.3 Å². The second kappa shape index (κ2) is 9.72. The van der Waals surface area contributed by atoms with E-state index in [4.69, 9.17) is 0 Å². The molecule has 0 bridgehead atoms. The van der Waals surface area contributed by atoms with Gasteiger partial charge in [-0.25, -0.2) is 8.42 Å². The first-order chi connectivity index (χ1) is 15.4. The van der Waals surface area contributed by atoms with Gasteiger partial charge in [0.05, 0.1) is 4.90 Å². The van der Waals surface area contributed by atoms with Crippen LogP contribution in [-0.2, 0) is 32.5 Å². The molecule has 0 saturated carbocycles. The Morgan fingerprint density at radius 1 is 1.12 bits per heavy atom. The molecule has 2 aromatic rings. The lowest BCUT2D eigenvalue weighted by Gasteiger charge is -2.23. The van der Waals surface area contributed by atoms with Gasteiger partial charge in [-0.15, -0.1) is 11.3 Å². The van der Waals surface area contributed by atoms with Crippen LogP contribution in [0.1, 0.15) is 43.0 Å². The minimum atomic E-state index is -3.59. The van der Waals surface area contributed by atoms with Crippen molar-refractivity contribution in [3.05, 3.63) is 46.2 Å². The average Bonchev–Trinajstić information content (AvgIpc) is 3.32. The van der Waals surface area contributed by atoms with Crippen molar-refractivity contribution in [2.45, 2.75) is 56.4 Å². The van der Waals surface area contributed by atoms with E-state index >= 15 is 0 Å². The summed E-state index contributed by atoms with van der Waals surface area (Å²) in [6.45, 7) is 3.00. The minimum Gasteiger partial charge on any atom is -0.354 e.